The van der Waals surface area contributed by atoms with E-state index in [1.807, 2.05) is 12.1 Å². The van der Waals surface area contributed by atoms with E-state index in [1.54, 1.807) is 32.4 Å². The first-order valence-corrected chi connectivity index (χ1v) is 8.74. The molecule has 2 aromatic rings. The average molecular weight is 424 g/mol. The molecule has 0 aromatic heterocycles. The summed E-state index contributed by atoms with van der Waals surface area (Å²) in [5.41, 5.74) is 1.43. The zero-order valence-corrected chi connectivity index (χ0v) is 16.8. The Balaban J connectivity index is 2.08. The Morgan fingerprint density at radius 1 is 0.962 bits per heavy atom. The van der Waals surface area contributed by atoms with E-state index in [1.165, 1.54) is 14.2 Å². The molecule has 7 heteroatoms. The van der Waals surface area contributed by atoms with Crippen LogP contribution in [0.15, 0.2) is 34.8 Å². The predicted molar refractivity (Wildman–Crippen MR) is 103 cm³/mol. The molecule has 140 valence electrons. The lowest BCUT2D eigenvalue weighted by atomic mass is 10.1. The van der Waals surface area contributed by atoms with Crippen LogP contribution in [0.1, 0.15) is 15.9 Å². The molecule has 0 radical (unpaired) electrons. The molecule has 0 bridgehead atoms. The van der Waals surface area contributed by atoms with Crippen LogP contribution < -0.4 is 24.3 Å². The number of carbonyl (C=O) groups excluding carboxylic acids is 1. The summed E-state index contributed by atoms with van der Waals surface area (Å²) in [4.78, 5) is 12.5. The van der Waals surface area contributed by atoms with Gasteiger partial charge in [-0.15, -0.1) is 0 Å². The number of hydrogen-bond acceptors (Lipinski definition) is 5. The molecule has 0 aliphatic rings. The maximum Gasteiger partial charge on any atom is 0.255 e. The van der Waals surface area contributed by atoms with Crippen LogP contribution in [0.25, 0.3) is 0 Å². The van der Waals surface area contributed by atoms with Crippen molar-refractivity contribution in [3.63, 3.8) is 0 Å². The lowest BCUT2D eigenvalue weighted by Gasteiger charge is -2.14. The van der Waals surface area contributed by atoms with Crippen LogP contribution in [0, 0.1) is 0 Å². The summed E-state index contributed by atoms with van der Waals surface area (Å²) in [6, 6.07) is 8.93. The Morgan fingerprint density at radius 3 is 2.23 bits per heavy atom. The van der Waals surface area contributed by atoms with Crippen LogP contribution in [0.4, 0.5) is 0 Å². The third-order valence-corrected chi connectivity index (χ3v) is 4.62. The van der Waals surface area contributed by atoms with E-state index in [0.717, 1.165) is 10.0 Å². The van der Waals surface area contributed by atoms with Crippen LogP contribution >= 0.6 is 15.9 Å². The third kappa shape index (κ3) is 4.40. The van der Waals surface area contributed by atoms with Crippen LogP contribution in [0.2, 0.25) is 0 Å². The predicted octanol–water partition coefficient (Wildman–Crippen LogP) is 3.46. The van der Waals surface area contributed by atoms with Crippen molar-refractivity contribution in [3.05, 3.63) is 45.9 Å². The second-order valence-electron chi connectivity index (χ2n) is 5.35. The molecule has 6 nitrogen and oxygen atoms in total. The fourth-order valence-electron chi connectivity index (χ4n) is 2.56. The van der Waals surface area contributed by atoms with Crippen molar-refractivity contribution in [1.29, 1.82) is 0 Å². The highest BCUT2D eigenvalue weighted by Crippen LogP contribution is 2.33. The first kappa shape index (κ1) is 19.9. The zero-order chi connectivity index (χ0) is 19.1. The average Bonchev–Trinajstić information content (AvgIpc) is 2.67. The smallest absolute Gasteiger partial charge is 0.255 e. The highest BCUT2D eigenvalue weighted by molar-refractivity contribution is 9.10. The highest BCUT2D eigenvalue weighted by atomic mass is 79.9. The molecule has 0 saturated heterocycles. The number of nitrogens with one attached hydrogen (secondary N) is 1. The van der Waals surface area contributed by atoms with Crippen molar-refractivity contribution in [2.24, 2.45) is 0 Å². The molecule has 0 heterocycles. The van der Waals surface area contributed by atoms with Gasteiger partial charge < -0.3 is 24.3 Å². The molecule has 0 aliphatic carbocycles. The van der Waals surface area contributed by atoms with Crippen LogP contribution in [0.5, 0.6) is 23.0 Å². The number of methoxy groups -OCH3 is 4. The SMILES string of the molecule is COc1cc(Br)c(CCNC(=O)c2cccc(OC)c2OC)cc1OC. The highest BCUT2D eigenvalue weighted by Gasteiger charge is 2.16. The van der Waals surface area contributed by atoms with Gasteiger partial charge in [0.15, 0.2) is 23.0 Å². The zero-order valence-electron chi connectivity index (χ0n) is 15.2. The van der Waals surface area contributed by atoms with Gasteiger partial charge in [0.2, 0.25) is 0 Å². The molecule has 0 spiro atoms. The Bertz CT molecular complexity index is 779. The van der Waals surface area contributed by atoms with E-state index < -0.39 is 0 Å². The van der Waals surface area contributed by atoms with E-state index in [4.69, 9.17) is 18.9 Å². The van der Waals surface area contributed by atoms with E-state index in [-0.39, 0.29) is 5.91 Å². The number of halogens is 1. The summed E-state index contributed by atoms with van der Waals surface area (Å²) >= 11 is 3.52. The minimum absolute atomic E-state index is 0.225. The van der Waals surface area contributed by atoms with Crippen molar-refractivity contribution in [3.8, 4) is 23.0 Å². The van der Waals surface area contributed by atoms with E-state index in [2.05, 4.69) is 21.2 Å². The van der Waals surface area contributed by atoms with Gasteiger partial charge in [0.05, 0.1) is 34.0 Å². The topological polar surface area (TPSA) is 66.0 Å². The molecule has 0 aliphatic heterocycles. The van der Waals surface area contributed by atoms with E-state index in [0.29, 0.717) is 41.5 Å². The normalized spacial score (nSPS) is 10.2. The Kier molecular flexibility index (Phi) is 7.15. The first-order chi connectivity index (χ1) is 12.5. The standard InChI is InChI=1S/C19H22BrNO5/c1-23-15-7-5-6-13(18(15)26-4)19(22)21-9-8-12-10-16(24-2)17(25-3)11-14(12)20/h5-7,10-11H,8-9H2,1-4H3,(H,21,22). The van der Waals surface area contributed by atoms with Gasteiger partial charge in [0, 0.05) is 11.0 Å². The number of rotatable bonds is 8. The van der Waals surface area contributed by atoms with Gasteiger partial charge in [0.25, 0.3) is 5.91 Å². The Morgan fingerprint density at radius 2 is 1.62 bits per heavy atom. The summed E-state index contributed by atoms with van der Waals surface area (Å²) in [5, 5.41) is 2.90. The minimum atomic E-state index is -0.225. The summed E-state index contributed by atoms with van der Waals surface area (Å²) in [6.45, 7) is 0.452. The van der Waals surface area contributed by atoms with Crippen LogP contribution in [0.3, 0.4) is 0 Å². The first-order valence-electron chi connectivity index (χ1n) is 7.95. The molecular formula is C19H22BrNO5. The van der Waals surface area contributed by atoms with Crippen molar-refractivity contribution in [2.45, 2.75) is 6.42 Å². The van der Waals surface area contributed by atoms with E-state index >= 15 is 0 Å². The lowest BCUT2D eigenvalue weighted by molar-refractivity contribution is 0.0950. The summed E-state index contributed by atoms with van der Waals surface area (Å²) in [6.07, 6.45) is 0.624. The molecule has 2 aromatic carbocycles. The number of carbonyl (C=O) groups is 1. The van der Waals surface area contributed by atoms with Gasteiger partial charge in [-0.25, -0.2) is 0 Å². The van der Waals surface area contributed by atoms with Gasteiger partial charge in [-0.05, 0) is 36.2 Å². The van der Waals surface area contributed by atoms with Gasteiger partial charge >= 0.3 is 0 Å². The molecule has 0 atom stereocenters. The second kappa shape index (κ2) is 9.33. The summed E-state index contributed by atoms with van der Waals surface area (Å²) in [5.74, 6) is 2.00. The summed E-state index contributed by atoms with van der Waals surface area (Å²) < 4.78 is 22.0. The van der Waals surface area contributed by atoms with Crippen molar-refractivity contribution in [2.75, 3.05) is 35.0 Å². The fourth-order valence-corrected chi connectivity index (χ4v) is 3.08. The van der Waals surface area contributed by atoms with Crippen molar-refractivity contribution < 1.29 is 23.7 Å². The quantitative estimate of drug-likeness (QED) is 0.703. The maximum absolute atomic E-state index is 12.5. The van der Waals surface area contributed by atoms with Gasteiger partial charge in [0.1, 0.15) is 0 Å². The van der Waals surface area contributed by atoms with Gasteiger partial charge in [-0.3, -0.25) is 4.79 Å². The third-order valence-electron chi connectivity index (χ3n) is 3.88. The molecule has 1 N–H and O–H groups in total. The minimum Gasteiger partial charge on any atom is -0.493 e. The molecular weight excluding hydrogens is 402 g/mol. The number of ether oxygens (including phenoxy) is 4. The summed E-state index contributed by atoms with van der Waals surface area (Å²) in [7, 11) is 6.22. The number of hydrogen-bond donors (Lipinski definition) is 1. The fraction of sp³-hybridized carbons (Fsp3) is 0.316. The molecule has 1 amide bonds. The van der Waals surface area contributed by atoms with Crippen LogP contribution in [-0.2, 0) is 6.42 Å². The molecule has 26 heavy (non-hydrogen) atoms. The number of benzene rings is 2. The molecule has 0 fully saturated rings. The molecule has 0 saturated carbocycles. The molecule has 2 rings (SSSR count). The lowest BCUT2D eigenvalue weighted by Crippen LogP contribution is -2.26. The largest absolute Gasteiger partial charge is 0.493 e. The Hall–Kier alpha value is -2.41. The molecule has 0 unspecified atom stereocenters. The second-order valence-corrected chi connectivity index (χ2v) is 6.20. The monoisotopic (exact) mass is 423 g/mol. The van der Waals surface area contributed by atoms with Crippen LogP contribution in [-0.4, -0.2) is 40.9 Å². The Labute approximate surface area is 161 Å². The number of para-hydroxylation sites is 1. The maximum atomic E-state index is 12.5. The van der Waals surface area contributed by atoms with Crippen molar-refractivity contribution >= 4 is 21.8 Å². The van der Waals surface area contributed by atoms with E-state index in [9.17, 15) is 4.79 Å². The van der Waals surface area contributed by atoms with Crippen molar-refractivity contribution in [1.82, 2.24) is 5.32 Å². The number of amides is 1. The van der Waals surface area contributed by atoms with Gasteiger partial charge in [-0.2, -0.15) is 0 Å². The van der Waals surface area contributed by atoms with Gasteiger partial charge in [-0.1, -0.05) is 22.0 Å².